The molecule has 1 N–H and O–H groups in total. The van der Waals surface area contributed by atoms with Gasteiger partial charge in [0.05, 0.1) is 0 Å². The van der Waals surface area contributed by atoms with Gasteiger partial charge in [-0.15, -0.1) is 0 Å². The van der Waals surface area contributed by atoms with Crippen molar-refractivity contribution >= 4 is 12.0 Å². The fourth-order valence-corrected chi connectivity index (χ4v) is 1.68. The van der Waals surface area contributed by atoms with E-state index < -0.39 is 0 Å². The van der Waals surface area contributed by atoms with Gasteiger partial charge in [0, 0.05) is 25.0 Å². The summed E-state index contributed by atoms with van der Waals surface area (Å²) in [4.78, 5) is 15.6. The summed E-state index contributed by atoms with van der Waals surface area (Å²) in [6, 6.07) is 13.8. The number of amides is 1. The highest BCUT2D eigenvalue weighted by atomic mass is 16.1. The minimum Gasteiger partial charge on any atom is -0.352 e. The molecule has 0 atom stereocenters. The Morgan fingerprint density at radius 2 is 2.00 bits per heavy atom. The highest BCUT2D eigenvalue weighted by Gasteiger charge is 1.96. The van der Waals surface area contributed by atoms with Gasteiger partial charge >= 0.3 is 0 Å². The molecule has 1 heterocycles. The van der Waals surface area contributed by atoms with Crippen LogP contribution in [0.25, 0.3) is 6.08 Å². The zero-order valence-corrected chi connectivity index (χ0v) is 10.6. The number of carbonyl (C=O) groups is 1. The van der Waals surface area contributed by atoms with Gasteiger partial charge < -0.3 is 5.32 Å². The third-order valence-electron chi connectivity index (χ3n) is 2.67. The summed E-state index contributed by atoms with van der Waals surface area (Å²) in [5, 5.41) is 2.86. The second kappa shape index (κ2) is 7.11. The van der Waals surface area contributed by atoms with Crippen molar-refractivity contribution < 1.29 is 4.79 Å². The number of carbonyl (C=O) groups excluding carboxylic acids is 1. The number of nitrogens with one attached hydrogen (secondary N) is 1. The molecular formula is C16H16N2O. The summed E-state index contributed by atoms with van der Waals surface area (Å²) in [6.07, 6.45) is 7.55. The lowest BCUT2D eigenvalue weighted by atomic mass is 10.1. The fourth-order valence-electron chi connectivity index (χ4n) is 1.68. The van der Waals surface area contributed by atoms with Gasteiger partial charge in [0.25, 0.3) is 0 Å². The fraction of sp³-hybridized carbons (Fsp3) is 0.125. The van der Waals surface area contributed by atoms with Gasteiger partial charge in [0.2, 0.25) is 5.91 Å². The molecule has 1 aromatic carbocycles. The molecule has 0 aliphatic rings. The van der Waals surface area contributed by atoms with Crippen LogP contribution in [0.15, 0.2) is 60.9 Å². The topological polar surface area (TPSA) is 42.0 Å². The summed E-state index contributed by atoms with van der Waals surface area (Å²) in [5.41, 5.74) is 2.14. The Bertz CT molecular complexity index is 535. The molecule has 0 fully saturated rings. The Morgan fingerprint density at radius 3 is 2.74 bits per heavy atom. The molecule has 0 radical (unpaired) electrons. The van der Waals surface area contributed by atoms with E-state index in [2.05, 4.69) is 22.4 Å². The van der Waals surface area contributed by atoms with Gasteiger partial charge in [-0.25, -0.2) is 0 Å². The molecule has 2 aromatic rings. The van der Waals surface area contributed by atoms with Crippen molar-refractivity contribution in [2.24, 2.45) is 0 Å². The number of nitrogens with zero attached hydrogens (tertiary/aromatic N) is 1. The number of aromatic nitrogens is 1. The molecule has 0 aliphatic carbocycles. The lowest BCUT2D eigenvalue weighted by Gasteiger charge is -2.02. The van der Waals surface area contributed by atoms with E-state index in [1.165, 1.54) is 11.6 Å². The van der Waals surface area contributed by atoms with Crippen molar-refractivity contribution in [3.05, 3.63) is 72.1 Å². The second-order valence-corrected chi connectivity index (χ2v) is 4.15. The maximum Gasteiger partial charge on any atom is 0.244 e. The van der Waals surface area contributed by atoms with Crippen molar-refractivity contribution in [1.82, 2.24) is 10.3 Å². The number of hydrogen-bond donors (Lipinski definition) is 1. The average molecular weight is 252 g/mol. The molecule has 0 spiro atoms. The standard InChI is InChI=1S/C16H16N2O/c19-16(9-8-15-7-4-11-17-13-15)18-12-10-14-5-2-1-3-6-14/h1-9,11,13H,10,12H2,(H,18,19)/b9-8+. The Balaban J connectivity index is 1.75. The molecule has 2 rings (SSSR count). The summed E-state index contributed by atoms with van der Waals surface area (Å²) in [7, 11) is 0. The molecule has 0 bridgehead atoms. The van der Waals surface area contributed by atoms with Crippen LogP contribution >= 0.6 is 0 Å². The first-order valence-electron chi connectivity index (χ1n) is 6.24. The van der Waals surface area contributed by atoms with E-state index in [1.807, 2.05) is 30.3 Å². The summed E-state index contributed by atoms with van der Waals surface area (Å²) >= 11 is 0. The number of rotatable bonds is 5. The molecule has 3 heteroatoms. The van der Waals surface area contributed by atoms with Gasteiger partial charge in [-0.1, -0.05) is 36.4 Å². The van der Waals surface area contributed by atoms with E-state index >= 15 is 0 Å². The molecular weight excluding hydrogens is 236 g/mol. The third-order valence-corrected chi connectivity index (χ3v) is 2.67. The van der Waals surface area contributed by atoms with Crippen LogP contribution in [0, 0.1) is 0 Å². The van der Waals surface area contributed by atoms with Gasteiger partial charge in [0.15, 0.2) is 0 Å². The SMILES string of the molecule is O=C(/C=C/c1cccnc1)NCCc1ccccc1. The molecule has 3 nitrogen and oxygen atoms in total. The minimum absolute atomic E-state index is 0.0835. The van der Waals surface area contributed by atoms with E-state index in [0.717, 1.165) is 12.0 Å². The summed E-state index contributed by atoms with van der Waals surface area (Å²) < 4.78 is 0. The van der Waals surface area contributed by atoms with E-state index in [9.17, 15) is 4.79 Å². The summed E-state index contributed by atoms with van der Waals surface area (Å²) in [6.45, 7) is 0.639. The van der Waals surface area contributed by atoms with Gasteiger partial charge in [0.1, 0.15) is 0 Å². The van der Waals surface area contributed by atoms with Crippen molar-refractivity contribution in [3.63, 3.8) is 0 Å². The quantitative estimate of drug-likeness (QED) is 0.830. The number of benzene rings is 1. The Morgan fingerprint density at radius 1 is 1.16 bits per heavy atom. The maximum atomic E-state index is 11.6. The largest absolute Gasteiger partial charge is 0.352 e. The average Bonchev–Trinajstić information content (AvgIpc) is 2.47. The van der Waals surface area contributed by atoms with Crippen LogP contribution in [0.4, 0.5) is 0 Å². The van der Waals surface area contributed by atoms with Crippen molar-refractivity contribution in [2.75, 3.05) is 6.54 Å². The molecule has 1 amide bonds. The van der Waals surface area contributed by atoms with Crippen LogP contribution in [0.2, 0.25) is 0 Å². The predicted molar refractivity (Wildman–Crippen MR) is 76.4 cm³/mol. The van der Waals surface area contributed by atoms with Crippen molar-refractivity contribution in [3.8, 4) is 0 Å². The van der Waals surface area contributed by atoms with Crippen LogP contribution in [0.3, 0.4) is 0 Å². The van der Waals surface area contributed by atoms with E-state index in [1.54, 1.807) is 18.5 Å². The highest BCUT2D eigenvalue weighted by molar-refractivity contribution is 5.91. The van der Waals surface area contributed by atoms with Gasteiger partial charge in [-0.05, 0) is 29.7 Å². The van der Waals surface area contributed by atoms with Gasteiger partial charge in [-0.3, -0.25) is 9.78 Å². The Labute approximate surface area is 113 Å². The maximum absolute atomic E-state index is 11.6. The lowest BCUT2D eigenvalue weighted by Crippen LogP contribution is -2.23. The van der Waals surface area contributed by atoms with Crippen LogP contribution in [-0.2, 0) is 11.2 Å². The van der Waals surface area contributed by atoms with Crippen LogP contribution in [0.5, 0.6) is 0 Å². The Hall–Kier alpha value is -2.42. The molecule has 96 valence electrons. The first-order valence-corrected chi connectivity index (χ1v) is 6.24. The molecule has 1 aromatic heterocycles. The molecule has 19 heavy (non-hydrogen) atoms. The first-order chi connectivity index (χ1) is 9.34. The van der Waals surface area contributed by atoms with E-state index in [-0.39, 0.29) is 5.91 Å². The summed E-state index contributed by atoms with van der Waals surface area (Å²) in [5.74, 6) is -0.0835. The molecule has 0 saturated heterocycles. The molecule has 0 saturated carbocycles. The van der Waals surface area contributed by atoms with Crippen molar-refractivity contribution in [1.29, 1.82) is 0 Å². The van der Waals surface area contributed by atoms with Crippen LogP contribution < -0.4 is 5.32 Å². The van der Waals surface area contributed by atoms with Crippen LogP contribution in [0.1, 0.15) is 11.1 Å². The number of pyridine rings is 1. The van der Waals surface area contributed by atoms with E-state index in [0.29, 0.717) is 6.54 Å². The number of hydrogen-bond acceptors (Lipinski definition) is 2. The molecule has 0 unspecified atom stereocenters. The minimum atomic E-state index is -0.0835. The smallest absolute Gasteiger partial charge is 0.244 e. The monoisotopic (exact) mass is 252 g/mol. The van der Waals surface area contributed by atoms with Crippen molar-refractivity contribution in [2.45, 2.75) is 6.42 Å². The zero-order chi connectivity index (χ0) is 13.3. The third kappa shape index (κ3) is 4.76. The zero-order valence-electron chi connectivity index (χ0n) is 10.6. The molecule has 0 aliphatic heterocycles. The second-order valence-electron chi connectivity index (χ2n) is 4.15. The Kier molecular flexibility index (Phi) is 4.87. The lowest BCUT2D eigenvalue weighted by molar-refractivity contribution is -0.116. The predicted octanol–water partition coefficient (Wildman–Crippen LogP) is 2.45. The van der Waals surface area contributed by atoms with Crippen LogP contribution in [-0.4, -0.2) is 17.4 Å². The first kappa shape index (κ1) is 13.0. The normalized spacial score (nSPS) is 10.5. The highest BCUT2D eigenvalue weighted by Crippen LogP contribution is 1.99. The van der Waals surface area contributed by atoms with Gasteiger partial charge in [-0.2, -0.15) is 0 Å². The van der Waals surface area contributed by atoms with E-state index in [4.69, 9.17) is 0 Å².